The van der Waals surface area contributed by atoms with Crippen LogP contribution in [-0.2, 0) is 17.9 Å². The molecule has 28 heavy (non-hydrogen) atoms. The number of amides is 1. The maximum absolute atomic E-state index is 12.0. The second-order valence-corrected chi connectivity index (χ2v) is 5.87. The van der Waals surface area contributed by atoms with Crippen LogP contribution in [0.4, 0.5) is 0 Å². The van der Waals surface area contributed by atoms with Crippen LogP contribution in [0.2, 0.25) is 0 Å². The number of guanidine groups is 1. The lowest BCUT2D eigenvalue weighted by Crippen LogP contribution is -2.39. The first-order valence-electron chi connectivity index (χ1n) is 9.10. The average molecular weight is 500 g/mol. The molecule has 1 heterocycles. The lowest BCUT2D eigenvalue weighted by Gasteiger charge is -2.11. The normalized spacial score (nSPS) is 10.7. The minimum Gasteiger partial charge on any atom is -0.497 e. The molecule has 154 valence electrons. The monoisotopic (exact) mass is 500 g/mol. The van der Waals surface area contributed by atoms with Crippen LogP contribution in [0.5, 0.6) is 5.75 Å². The summed E-state index contributed by atoms with van der Waals surface area (Å²) in [7, 11) is 1.63. The molecule has 0 fully saturated rings. The minimum absolute atomic E-state index is 0. The van der Waals surface area contributed by atoms with Crippen molar-refractivity contribution in [1.82, 2.24) is 25.7 Å². The van der Waals surface area contributed by atoms with Gasteiger partial charge in [0.05, 0.1) is 7.11 Å². The summed E-state index contributed by atoms with van der Waals surface area (Å²) in [5.74, 6) is 1.31. The Morgan fingerprint density at radius 1 is 1.21 bits per heavy atom. The topological polar surface area (TPSA) is 92.6 Å². The summed E-state index contributed by atoms with van der Waals surface area (Å²) in [4.78, 5) is 16.4. The molecule has 2 rings (SSSR count). The van der Waals surface area contributed by atoms with Crippen molar-refractivity contribution >= 4 is 35.8 Å². The van der Waals surface area contributed by atoms with E-state index < -0.39 is 0 Å². The van der Waals surface area contributed by atoms with Gasteiger partial charge in [-0.2, -0.15) is 5.10 Å². The number of rotatable bonds is 10. The van der Waals surface area contributed by atoms with Gasteiger partial charge >= 0.3 is 0 Å². The Morgan fingerprint density at radius 2 is 2.00 bits per heavy atom. The van der Waals surface area contributed by atoms with Gasteiger partial charge in [-0.15, -0.1) is 24.0 Å². The van der Waals surface area contributed by atoms with Crippen molar-refractivity contribution in [2.45, 2.75) is 26.4 Å². The smallest absolute Gasteiger partial charge is 0.242 e. The number of benzene rings is 1. The van der Waals surface area contributed by atoms with Crippen molar-refractivity contribution in [1.29, 1.82) is 0 Å². The Balaban J connectivity index is 0.00000392. The number of nitrogens with zero attached hydrogens (tertiary/aromatic N) is 3. The Kier molecular flexibility index (Phi) is 11.7. The van der Waals surface area contributed by atoms with Gasteiger partial charge in [-0.3, -0.25) is 9.48 Å². The molecule has 0 aliphatic carbocycles. The summed E-state index contributed by atoms with van der Waals surface area (Å²) in [5.41, 5.74) is 1.01. The van der Waals surface area contributed by atoms with E-state index in [2.05, 4.69) is 26.0 Å². The molecule has 8 nitrogen and oxygen atoms in total. The number of carbonyl (C=O) groups is 1. The highest BCUT2D eigenvalue weighted by molar-refractivity contribution is 14.0. The van der Waals surface area contributed by atoms with Crippen molar-refractivity contribution in [2.75, 3.05) is 26.7 Å². The molecule has 1 amide bonds. The lowest BCUT2D eigenvalue weighted by molar-refractivity contribution is -0.119. The number of aromatic nitrogens is 2. The largest absolute Gasteiger partial charge is 0.497 e. The van der Waals surface area contributed by atoms with Gasteiger partial charge in [0, 0.05) is 38.6 Å². The predicted molar refractivity (Wildman–Crippen MR) is 121 cm³/mol. The molecular weight excluding hydrogens is 471 g/mol. The number of carbonyl (C=O) groups excluding carboxylic acids is 1. The zero-order valence-corrected chi connectivity index (χ0v) is 18.7. The first-order chi connectivity index (χ1) is 13.2. The molecule has 0 saturated heterocycles. The molecule has 0 atom stereocenters. The number of nitrogens with one attached hydrogen (secondary N) is 3. The Bertz CT molecular complexity index is 704. The number of aliphatic imine (C=N–C) groups is 1. The molecular formula is C19H29IN6O2. The molecule has 0 aliphatic rings. The average Bonchev–Trinajstić information content (AvgIpc) is 3.21. The summed E-state index contributed by atoms with van der Waals surface area (Å²) in [5, 5.41) is 13.4. The molecule has 1 aromatic heterocycles. The standard InChI is InChI=1S/C19H28N6O2.HI/c1-3-20-19(21-10-4-12-25-13-5-11-24-25)23-15-18(26)22-14-16-6-8-17(27-2)9-7-16;/h5-9,11,13H,3-4,10,12,14-15H2,1-2H3,(H,22,26)(H2,20,21,23);1H. The summed E-state index contributed by atoms with van der Waals surface area (Å²) in [6.07, 6.45) is 4.62. The number of methoxy groups -OCH3 is 1. The zero-order chi connectivity index (χ0) is 19.3. The van der Waals surface area contributed by atoms with Gasteiger partial charge < -0.3 is 20.7 Å². The van der Waals surface area contributed by atoms with Crippen LogP contribution in [-0.4, -0.2) is 48.4 Å². The molecule has 0 unspecified atom stereocenters. The Hall–Kier alpha value is -2.30. The van der Waals surface area contributed by atoms with Gasteiger partial charge in [0.1, 0.15) is 12.3 Å². The molecule has 0 saturated carbocycles. The summed E-state index contributed by atoms with van der Waals surface area (Å²) >= 11 is 0. The molecule has 0 aliphatic heterocycles. The first-order valence-corrected chi connectivity index (χ1v) is 9.10. The lowest BCUT2D eigenvalue weighted by atomic mass is 10.2. The maximum Gasteiger partial charge on any atom is 0.242 e. The number of halogens is 1. The van der Waals surface area contributed by atoms with Gasteiger partial charge in [-0.25, -0.2) is 4.99 Å². The molecule has 0 bridgehead atoms. The van der Waals surface area contributed by atoms with Gasteiger partial charge in [-0.1, -0.05) is 12.1 Å². The molecule has 1 aromatic carbocycles. The van der Waals surface area contributed by atoms with Crippen LogP contribution in [0.3, 0.4) is 0 Å². The van der Waals surface area contributed by atoms with Crippen molar-refractivity contribution in [3.63, 3.8) is 0 Å². The van der Waals surface area contributed by atoms with E-state index >= 15 is 0 Å². The second kappa shape index (κ2) is 13.8. The molecule has 9 heteroatoms. The molecule has 0 radical (unpaired) electrons. The third kappa shape index (κ3) is 9.07. The highest BCUT2D eigenvalue weighted by Gasteiger charge is 2.03. The Morgan fingerprint density at radius 3 is 2.64 bits per heavy atom. The van der Waals surface area contributed by atoms with Crippen molar-refractivity contribution in [2.24, 2.45) is 4.99 Å². The Labute approximate surface area is 183 Å². The summed E-state index contributed by atoms with van der Waals surface area (Å²) in [6.45, 7) is 4.85. The van der Waals surface area contributed by atoms with Crippen LogP contribution in [0.1, 0.15) is 18.9 Å². The summed E-state index contributed by atoms with van der Waals surface area (Å²) < 4.78 is 7.01. The SMILES string of the molecule is CCNC(=NCC(=O)NCc1ccc(OC)cc1)NCCCn1cccn1.I. The van der Waals surface area contributed by atoms with E-state index in [0.29, 0.717) is 12.5 Å². The zero-order valence-electron chi connectivity index (χ0n) is 16.4. The minimum atomic E-state index is -0.125. The number of hydrogen-bond donors (Lipinski definition) is 3. The molecule has 2 aromatic rings. The van der Waals surface area contributed by atoms with Crippen LogP contribution in [0, 0.1) is 0 Å². The van der Waals surface area contributed by atoms with E-state index in [-0.39, 0.29) is 36.4 Å². The fourth-order valence-electron chi connectivity index (χ4n) is 2.37. The fourth-order valence-corrected chi connectivity index (χ4v) is 2.37. The fraction of sp³-hybridized carbons (Fsp3) is 0.421. The quantitative estimate of drug-likeness (QED) is 0.200. The highest BCUT2D eigenvalue weighted by Crippen LogP contribution is 2.10. The molecule has 3 N–H and O–H groups in total. The van der Waals surface area contributed by atoms with E-state index in [1.54, 1.807) is 13.3 Å². The van der Waals surface area contributed by atoms with E-state index in [0.717, 1.165) is 37.4 Å². The first kappa shape index (κ1) is 23.7. The van der Waals surface area contributed by atoms with E-state index in [4.69, 9.17) is 4.74 Å². The number of aryl methyl sites for hydroxylation is 1. The van der Waals surface area contributed by atoms with Crippen LogP contribution in [0.15, 0.2) is 47.7 Å². The van der Waals surface area contributed by atoms with Crippen molar-refractivity contribution in [3.05, 3.63) is 48.3 Å². The van der Waals surface area contributed by atoms with Gasteiger partial charge in [0.2, 0.25) is 5.91 Å². The van der Waals surface area contributed by atoms with Crippen LogP contribution in [0.25, 0.3) is 0 Å². The third-order valence-electron chi connectivity index (χ3n) is 3.79. The van der Waals surface area contributed by atoms with Gasteiger partial charge in [0.15, 0.2) is 5.96 Å². The summed E-state index contributed by atoms with van der Waals surface area (Å²) in [6, 6.07) is 9.50. The predicted octanol–water partition coefficient (Wildman–Crippen LogP) is 1.77. The van der Waals surface area contributed by atoms with Crippen molar-refractivity contribution < 1.29 is 9.53 Å². The maximum atomic E-state index is 12.0. The van der Waals surface area contributed by atoms with Crippen LogP contribution >= 0.6 is 24.0 Å². The van der Waals surface area contributed by atoms with Crippen molar-refractivity contribution in [3.8, 4) is 5.75 Å². The van der Waals surface area contributed by atoms with E-state index in [9.17, 15) is 4.79 Å². The van der Waals surface area contributed by atoms with Gasteiger partial charge in [-0.05, 0) is 37.1 Å². The molecule has 0 spiro atoms. The second-order valence-electron chi connectivity index (χ2n) is 5.87. The van der Waals surface area contributed by atoms with Crippen LogP contribution < -0.4 is 20.7 Å². The number of hydrogen-bond acceptors (Lipinski definition) is 4. The van der Waals surface area contributed by atoms with E-state index in [1.807, 2.05) is 48.1 Å². The highest BCUT2D eigenvalue weighted by atomic mass is 127. The number of ether oxygens (including phenoxy) is 1. The third-order valence-corrected chi connectivity index (χ3v) is 3.79. The van der Waals surface area contributed by atoms with Gasteiger partial charge in [0.25, 0.3) is 0 Å². The van der Waals surface area contributed by atoms with E-state index in [1.165, 1.54) is 0 Å².